The highest BCUT2D eigenvalue weighted by atomic mass is 16.5. The van der Waals surface area contributed by atoms with Crippen molar-refractivity contribution in [2.45, 2.75) is 32.7 Å². The van der Waals surface area contributed by atoms with Crippen LogP contribution in [0.15, 0.2) is 48.9 Å². The molecule has 2 saturated heterocycles. The molecular formula is C30H34N8O3. The average molecular weight is 555 g/mol. The number of amides is 2. The first-order valence-corrected chi connectivity index (χ1v) is 14.0. The minimum absolute atomic E-state index is 0.0918. The summed E-state index contributed by atoms with van der Waals surface area (Å²) in [7, 11) is 0. The van der Waals surface area contributed by atoms with Crippen LogP contribution in [-0.4, -0.2) is 82.1 Å². The lowest BCUT2D eigenvalue weighted by atomic mass is 10.1. The summed E-state index contributed by atoms with van der Waals surface area (Å²) in [6.45, 7) is 8.24. The zero-order valence-electron chi connectivity index (χ0n) is 23.3. The molecule has 212 valence electrons. The van der Waals surface area contributed by atoms with Crippen molar-refractivity contribution in [1.29, 1.82) is 0 Å². The number of fused-ring (bicyclic) bond motifs is 1. The van der Waals surface area contributed by atoms with E-state index in [9.17, 15) is 9.59 Å². The largest absolute Gasteiger partial charge is 0.378 e. The molecule has 0 aliphatic carbocycles. The maximum Gasteiger partial charge on any atom is 0.257 e. The first kappa shape index (κ1) is 26.9. The molecule has 11 heteroatoms. The molecule has 6 heterocycles. The van der Waals surface area contributed by atoms with Gasteiger partial charge in [-0.3, -0.25) is 19.5 Å². The van der Waals surface area contributed by atoms with Crippen LogP contribution in [0.4, 0.5) is 17.2 Å². The molecular weight excluding hydrogens is 520 g/mol. The Morgan fingerprint density at radius 2 is 1.90 bits per heavy atom. The molecule has 3 N–H and O–H groups in total. The number of rotatable bonds is 7. The number of anilines is 3. The zero-order valence-corrected chi connectivity index (χ0v) is 23.3. The molecule has 6 rings (SSSR count). The number of nitrogens with zero attached hydrogens (tertiary/aromatic N) is 5. The minimum atomic E-state index is -0.306. The number of aromatic amines is 1. The van der Waals surface area contributed by atoms with Crippen molar-refractivity contribution >= 4 is 40.0 Å². The van der Waals surface area contributed by atoms with E-state index >= 15 is 0 Å². The molecule has 0 spiro atoms. The van der Waals surface area contributed by atoms with E-state index in [-0.39, 0.29) is 11.8 Å². The summed E-state index contributed by atoms with van der Waals surface area (Å²) < 4.78 is 5.46. The number of hydrogen-bond acceptors (Lipinski definition) is 8. The Hall–Kier alpha value is -4.35. The Morgan fingerprint density at radius 3 is 2.71 bits per heavy atom. The Balaban J connectivity index is 1.15. The summed E-state index contributed by atoms with van der Waals surface area (Å²) in [5.74, 6) is 0.510. The van der Waals surface area contributed by atoms with Gasteiger partial charge < -0.3 is 25.3 Å². The van der Waals surface area contributed by atoms with E-state index in [4.69, 9.17) is 4.74 Å². The van der Waals surface area contributed by atoms with Gasteiger partial charge in [-0.15, -0.1) is 0 Å². The molecule has 41 heavy (non-hydrogen) atoms. The van der Waals surface area contributed by atoms with Crippen LogP contribution in [0.2, 0.25) is 0 Å². The van der Waals surface area contributed by atoms with E-state index in [2.05, 4.69) is 53.4 Å². The van der Waals surface area contributed by atoms with Gasteiger partial charge in [0.25, 0.3) is 5.91 Å². The number of ether oxygens (including phenoxy) is 1. The molecule has 0 aromatic carbocycles. The van der Waals surface area contributed by atoms with Crippen molar-refractivity contribution in [3.05, 3.63) is 60.2 Å². The Bertz CT molecular complexity index is 1580. The number of aryl methyl sites for hydroxylation is 1. The van der Waals surface area contributed by atoms with Gasteiger partial charge in [0.15, 0.2) is 0 Å². The molecule has 0 bridgehead atoms. The average Bonchev–Trinajstić information content (AvgIpc) is 3.60. The highest BCUT2D eigenvalue weighted by molar-refractivity contribution is 6.06. The zero-order chi connectivity index (χ0) is 28.3. The number of aromatic nitrogens is 4. The predicted molar refractivity (Wildman–Crippen MR) is 158 cm³/mol. The fourth-order valence-corrected chi connectivity index (χ4v) is 5.38. The van der Waals surface area contributed by atoms with Gasteiger partial charge in [0.2, 0.25) is 5.91 Å². The summed E-state index contributed by atoms with van der Waals surface area (Å²) in [5.41, 5.74) is 4.72. The standard InChI is InChI=1S/C30H34N8O3/c1-19-4-3-7-38(19)18-28(39)34-24-15-25(20(2)32-17-24)36-30(40)23-12-22-13-26(35-29(22)33-16-23)21-5-6-31-27(14-21)37-8-10-41-11-9-37/h5-6,12-17,19H,3-4,7-11,18H2,1-2H3,(H,33,35)(H,34,39)(H,36,40)/t19-/m0/s1. The van der Waals surface area contributed by atoms with Crippen LogP contribution in [0.1, 0.15) is 35.8 Å². The number of hydrogen-bond donors (Lipinski definition) is 3. The lowest BCUT2D eigenvalue weighted by Crippen LogP contribution is -2.36. The molecule has 2 aliphatic rings. The third-order valence-corrected chi connectivity index (χ3v) is 7.78. The van der Waals surface area contributed by atoms with Crippen molar-refractivity contribution in [1.82, 2.24) is 24.8 Å². The number of carbonyl (C=O) groups is 2. The SMILES string of the molecule is Cc1ncc(NC(=O)CN2CCC[C@@H]2C)cc1NC(=O)c1cnc2[nH]c(-c3ccnc(N4CCOCC4)c3)cc2c1. The highest BCUT2D eigenvalue weighted by Gasteiger charge is 2.22. The second-order valence-corrected chi connectivity index (χ2v) is 10.7. The number of morpholine rings is 1. The number of carbonyl (C=O) groups excluding carboxylic acids is 2. The summed E-state index contributed by atoms with van der Waals surface area (Å²) in [4.78, 5) is 46.9. The topological polar surface area (TPSA) is 128 Å². The fourth-order valence-electron chi connectivity index (χ4n) is 5.38. The first-order chi connectivity index (χ1) is 19.9. The van der Waals surface area contributed by atoms with Crippen LogP contribution in [0.5, 0.6) is 0 Å². The maximum atomic E-state index is 13.2. The van der Waals surface area contributed by atoms with Gasteiger partial charge in [-0.05, 0) is 63.6 Å². The number of H-pyrrole nitrogens is 1. The number of pyridine rings is 3. The molecule has 2 amide bonds. The van der Waals surface area contributed by atoms with E-state index in [1.807, 2.05) is 25.1 Å². The molecule has 2 aliphatic heterocycles. The second kappa shape index (κ2) is 11.6. The summed E-state index contributed by atoms with van der Waals surface area (Å²) >= 11 is 0. The van der Waals surface area contributed by atoms with Gasteiger partial charge in [-0.2, -0.15) is 0 Å². The lowest BCUT2D eigenvalue weighted by Gasteiger charge is -2.27. The lowest BCUT2D eigenvalue weighted by molar-refractivity contribution is -0.117. The van der Waals surface area contributed by atoms with Gasteiger partial charge in [0.1, 0.15) is 11.5 Å². The monoisotopic (exact) mass is 554 g/mol. The number of nitrogens with one attached hydrogen (secondary N) is 3. The third kappa shape index (κ3) is 6.06. The van der Waals surface area contributed by atoms with Gasteiger partial charge in [0.05, 0.1) is 48.6 Å². The molecule has 4 aromatic heterocycles. The third-order valence-electron chi connectivity index (χ3n) is 7.78. The maximum absolute atomic E-state index is 13.2. The molecule has 1 atom stereocenters. The second-order valence-electron chi connectivity index (χ2n) is 10.7. The first-order valence-electron chi connectivity index (χ1n) is 14.0. The molecule has 0 saturated carbocycles. The smallest absolute Gasteiger partial charge is 0.257 e. The van der Waals surface area contributed by atoms with E-state index < -0.39 is 0 Å². The predicted octanol–water partition coefficient (Wildman–Crippen LogP) is 3.84. The normalized spacial score (nSPS) is 17.6. The molecule has 0 unspecified atom stereocenters. The highest BCUT2D eigenvalue weighted by Crippen LogP contribution is 2.27. The van der Waals surface area contributed by atoms with E-state index in [0.717, 1.165) is 54.9 Å². The van der Waals surface area contributed by atoms with Crippen molar-refractivity contribution in [3.8, 4) is 11.3 Å². The Labute approximate surface area is 238 Å². The summed E-state index contributed by atoms with van der Waals surface area (Å²) in [6, 6.07) is 9.95. The Kier molecular flexibility index (Phi) is 7.62. The Morgan fingerprint density at radius 1 is 1.05 bits per heavy atom. The van der Waals surface area contributed by atoms with Crippen LogP contribution in [-0.2, 0) is 9.53 Å². The minimum Gasteiger partial charge on any atom is -0.378 e. The van der Waals surface area contributed by atoms with Crippen molar-refractivity contribution in [2.24, 2.45) is 0 Å². The fraction of sp³-hybridized carbons (Fsp3) is 0.367. The van der Waals surface area contributed by atoms with Gasteiger partial charge in [0, 0.05) is 48.2 Å². The van der Waals surface area contributed by atoms with Crippen LogP contribution >= 0.6 is 0 Å². The van der Waals surface area contributed by atoms with Crippen LogP contribution < -0.4 is 15.5 Å². The van der Waals surface area contributed by atoms with Crippen molar-refractivity contribution in [3.63, 3.8) is 0 Å². The van der Waals surface area contributed by atoms with Crippen molar-refractivity contribution < 1.29 is 14.3 Å². The van der Waals surface area contributed by atoms with E-state index in [0.29, 0.717) is 54.1 Å². The quantitative estimate of drug-likeness (QED) is 0.314. The molecule has 2 fully saturated rings. The molecule has 11 nitrogen and oxygen atoms in total. The van der Waals surface area contributed by atoms with Gasteiger partial charge in [-0.1, -0.05) is 0 Å². The summed E-state index contributed by atoms with van der Waals surface area (Å²) in [5, 5.41) is 6.67. The van der Waals surface area contributed by atoms with E-state index in [1.54, 1.807) is 24.7 Å². The van der Waals surface area contributed by atoms with Gasteiger partial charge in [-0.25, -0.2) is 9.97 Å². The number of likely N-dealkylation sites (tertiary alicyclic amines) is 1. The van der Waals surface area contributed by atoms with Crippen LogP contribution in [0, 0.1) is 6.92 Å². The van der Waals surface area contributed by atoms with Crippen molar-refractivity contribution in [2.75, 3.05) is 54.9 Å². The van der Waals surface area contributed by atoms with Gasteiger partial charge >= 0.3 is 0 Å². The molecule has 0 radical (unpaired) electrons. The summed E-state index contributed by atoms with van der Waals surface area (Å²) in [6.07, 6.45) is 7.18. The molecule has 4 aromatic rings. The van der Waals surface area contributed by atoms with E-state index in [1.165, 1.54) is 0 Å². The van der Waals surface area contributed by atoms with Crippen LogP contribution in [0.25, 0.3) is 22.3 Å². The van der Waals surface area contributed by atoms with Crippen LogP contribution in [0.3, 0.4) is 0 Å².